The van der Waals surface area contributed by atoms with E-state index in [4.69, 9.17) is 4.74 Å². The number of halogens is 1. The van der Waals surface area contributed by atoms with Crippen LogP contribution in [0.1, 0.15) is 24.5 Å². The Balaban J connectivity index is 1.82. The van der Waals surface area contributed by atoms with Crippen LogP contribution in [0.25, 0.3) is 0 Å². The second-order valence-electron chi connectivity index (χ2n) is 5.50. The molecular formula is C19H22FNO2. The highest BCUT2D eigenvalue weighted by Crippen LogP contribution is 2.14. The zero-order valence-electron chi connectivity index (χ0n) is 13.5. The van der Waals surface area contributed by atoms with Crippen molar-refractivity contribution in [1.82, 2.24) is 5.32 Å². The lowest BCUT2D eigenvalue weighted by atomic mass is 10.1. The van der Waals surface area contributed by atoms with E-state index in [1.165, 1.54) is 12.1 Å². The second-order valence-corrected chi connectivity index (χ2v) is 5.50. The second kappa shape index (κ2) is 8.32. The van der Waals surface area contributed by atoms with Crippen LogP contribution in [0.15, 0.2) is 48.5 Å². The summed E-state index contributed by atoms with van der Waals surface area (Å²) in [5, 5.41) is 2.87. The quantitative estimate of drug-likeness (QED) is 0.847. The van der Waals surface area contributed by atoms with E-state index >= 15 is 0 Å². The van der Waals surface area contributed by atoms with Gasteiger partial charge in [-0.3, -0.25) is 4.79 Å². The summed E-state index contributed by atoms with van der Waals surface area (Å²) in [7, 11) is 0. The average molecular weight is 315 g/mol. The maximum absolute atomic E-state index is 12.8. The van der Waals surface area contributed by atoms with Gasteiger partial charge in [-0.05, 0) is 49.6 Å². The van der Waals surface area contributed by atoms with Gasteiger partial charge in [0.1, 0.15) is 11.6 Å². The maximum Gasteiger partial charge on any atom is 0.261 e. The smallest absolute Gasteiger partial charge is 0.261 e. The third-order valence-electron chi connectivity index (χ3n) is 3.59. The first-order valence-corrected chi connectivity index (χ1v) is 7.84. The molecule has 0 fully saturated rings. The molecule has 1 N–H and O–H groups in total. The summed E-state index contributed by atoms with van der Waals surface area (Å²) in [6, 6.07) is 13.9. The van der Waals surface area contributed by atoms with E-state index in [1.807, 2.05) is 38.1 Å². The number of hydrogen-bond acceptors (Lipinski definition) is 2. The Hall–Kier alpha value is -2.36. The maximum atomic E-state index is 12.8. The minimum absolute atomic E-state index is 0.129. The molecule has 2 rings (SSSR count). The molecule has 1 amide bonds. The zero-order chi connectivity index (χ0) is 16.7. The number of amides is 1. The molecule has 0 spiro atoms. The van der Waals surface area contributed by atoms with E-state index in [0.29, 0.717) is 25.1 Å². The Labute approximate surface area is 136 Å². The van der Waals surface area contributed by atoms with Crippen molar-refractivity contribution >= 4 is 5.91 Å². The van der Waals surface area contributed by atoms with Crippen LogP contribution < -0.4 is 10.1 Å². The molecule has 0 unspecified atom stereocenters. The molecule has 0 saturated carbocycles. The number of benzene rings is 2. The molecule has 0 bridgehead atoms. The normalized spacial score (nSPS) is 11.8. The molecule has 4 heteroatoms. The minimum atomic E-state index is -0.508. The van der Waals surface area contributed by atoms with Crippen molar-refractivity contribution in [2.75, 3.05) is 6.54 Å². The van der Waals surface area contributed by atoms with Crippen LogP contribution in [0.3, 0.4) is 0 Å². The van der Waals surface area contributed by atoms with Gasteiger partial charge in [-0.2, -0.15) is 0 Å². The number of ether oxygens (including phenoxy) is 1. The van der Waals surface area contributed by atoms with Gasteiger partial charge in [0.15, 0.2) is 6.10 Å². The van der Waals surface area contributed by atoms with Gasteiger partial charge in [-0.15, -0.1) is 0 Å². The molecule has 3 nitrogen and oxygen atoms in total. The topological polar surface area (TPSA) is 38.3 Å². The summed E-state index contributed by atoms with van der Waals surface area (Å²) in [5.74, 6) is 0.307. The standard InChI is InChI=1S/C19H22FNO2/c1-3-18(23-17-10-4-14(2)5-11-17)19(22)21-13-12-15-6-8-16(20)9-7-15/h4-11,18H,3,12-13H2,1-2H3,(H,21,22)/t18-/m1/s1. The SMILES string of the molecule is CC[C@@H](Oc1ccc(C)cc1)C(=O)NCCc1ccc(F)cc1. The number of rotatable bonds is 7. The molecule has 0 aliphatic rings. The van der Waals surface area contributed by atoms with Crippen molar-refractivity contribution in [2.45, 2.75) is 32.8 Å². The fourth-order valence-corrected chi connectivity index (χ4v) is 2.20. The third-order valence-corrected chi connectivity index (χ3v) is 3.59. The van der Waals surface area contributed by atoms with Crippen LogP contribution in [-0.4, -0.2) is 18.6 Å². The van der Waals surface area contributed by atoms with E-state index in [1.54, 1.807) is 12.1 Å². The van der Waals surface area contributed by atoms with Crippen molar-refractivity contribution in [2.24, 2.45) is 0 Å². The van der Waals surface area contributed by atoms with Gasteiger partial charge >= 0.3 is 0 Å². The van der Waals surface area contributed by atoms with Crippen molar-refractivity contribution < 1.29 is 13.9 Å². The molecule has 0 heterocycles. The Kier molecular flexibility index (Phi) is 6.15. The van der Waals surface area contributed by atoms with Crippen LogP contribution in [0, 0.1) is 12.7 Å². The molecule has 1 atom stereocenters. The molecule has 0 radical (unpaired) electrons. The number of carbonyl (C=O) groups excluding carboxylic acids is 1. The lowest BCUT2D eigenvalue weighted by Crippen LogP contribution is -2.38. The van der Waals surface area contributed by atoms with Crippen LogP contribution in [0.2, 0.25) is 0 Å². The Morgan fingerprint density at radius 3 is 2.39 bits per heavy atom. The molecular weight excluding hydrogens is 293 g/mol. The van der Waals surface area contributed by atoms with E-state index < -0.39 is 6.10 Å². The lowest BCUT2D eigenvalue weighted by molar-refractivity contribution is -0.128. The van der Waals surface area contributed by atoms with E-state index in [0.717, 1.165) is 11.1 Å². The molecule has 0 aliphatic heterocycles. The number of aryl methyl sites for hydroxylation is 1. The van der Waals surface area contributed by atoms with Crippen molar-refractivity contribution in [1.29, 1.82) is 0 Å². The molecule has 2 aromatic rings. The highest BCUT2D eigenvalue weighted by atomic mass is 19.1. The Morgan fingerprint density at radius 1 is 1.13 bits per heavy atom. The number of hydrogen-bond donors (Lipinski definition) is 1. The summed E-state index contributed by atoms with van der Waals surface area (Å²) < 4.78 is 18.6. The highest BCUT2D eigenvalue weighted by Gasteiger charge is 2.17. The van der Waals surface area contributed by atoms with E-state index in [9.17, 15) is 9.18 Å². The minimum Gasteiger partial charge on any atom is -0.481 e. The van der Waals surface area contributed by atoms with Crippen molar-refractivity contribution in [3.8, 4) is 5.75 Å². The lowest BCUT2D eigenvalue weighted by Gasteiger charge is -2.17. The molecule has 23 heavy (non-hydrogen) atoms. The van der Waals surface area contributed by atoms with Crippen LogP contribution >= 0.6 is 0 Å². The molecule has 0 saturated heterocycles. The predicted molar refractivity (Wildman–Crippen MR) is 89.0 cm³/mol. The fourth-order valence-electron chi connectivity index (χ4n) is 2.20. The molecule has 0 aromatic heterocycles. The third kappa shape index (κ3) is 5.40. The van der Waals surface area contributed by atoms with Crippen LogP contribution in [-0.2, 0) is 11.2 Å². The van der Waals surface area contributed by atoms with Crippen LogP contribution in [0.5, 0.6) is 5.75 Å². The van der Waals surface area contributed by atoms with E-state index in [-0.39, 0.29) is 11.7 Å². The fraction of sp³-hybridized carbons (Fsp3) is 0.316. The number of nitrogens with one attached hydrogen (secondary N) is 1. The molecule has 2 aromatic carbocycles. The van der Waals surface area contributed by atoms with Crippen molar-refractivity contribution in [3.05, 3.63) is 65.5 Å². The van der Waals surface area contributed by atoms with Gasteiger partial charge < -0.3 is 10.1 Å². The highest BCUT2D eigenvalue weighted by molar-refractivity contribution is 5.81. The number of carbonyl (C=O) groups is 1. The van der Waals surface area contributed by atoms with Gasteiger partial charge in [0, 0.05) is 6.54 Å². The average Bonchev–Trinajstić information content (AvgIpc) is 2.56. The van der Waals surface area contributed by atoms with Gasteiger partial charge in [0.25, 0.3) is 5.91 Å². The largest absolute Gasteiger partial charge is 0.481 e. The summed E-state index contributed by atoms with van der Waals surface area (Å²) in [5.41, 5.74) is 2.13. The summed E-state index contributed by atoms with van der Waals surface area (Å²) >= 11 is 0. The van der Waals surface area contributed by atoms with Gasteiger partial charge in [-0.25, -0.2) is 4.39 Å². The Morgan fingerprint density at radius 2 is 1.78 bits per heavy atom. The molecule has 0 aliphatic carbocycles. The summed E-state index contributed by atoms with van der Waals surface area (Å²) in [6.45, 7) is 4.42. The first kappa shape index (κ1) is 17.0. The monoisotopic (exact) mass is 315 g/mol. The summed E-state index contributed by atoms with van der Waals surface area (Å²) in [4.78, 5) is 12.2. The summed E-state index contributed by atoms with van der Waals surface area (Å²) in [6.07, 6.45) is 0.745. The van der Waals surface area contributed by atoms with E-state index in [2.05, 4.69) is 5.32 Å². The zero-order valence-corrected chi connectivity index (χ0v) is 13.5. The van der Waals surface area contributed by atoms with Crippen molar-refractivity contribution in [3.63, 3.8) is 0 Å². The first-order valence-electron chi connectivity index (χ1n) is 7.84. The molecule has 122 valence electrons. The van der Waals surface area contributed by atoms with Gasteiger partial charge in [0.2, 0.25) is 0 Å². The van der Waals surface area contributed by atoms with Gasteiger partial charge in [-0.1, -0.05) is 36.8 Å². The Bertz CT molecular complexity index is 623. The van der Waals surface area contributed by atoms with Gasteiger partial charge in [0.05, 0.1) is 0 Å². The predicted octanol–water partition coefficient (Wildman–Crippen LogP) is 3.65. The first-order chi connectivity index (χ1) is 11.1. The van der Waals surface area contributed by atoms with Crippen LogP contribution in [0.4, 0.5) is 4.39 Å².